The van der Waals surface area contributed by atoms with Gasteiger partial charge in [0.2, 0.25) is 0 Å². The van der Waals surface area contributed by atoms with Crippen molar-refractivity contribution in [3.05, 3.63) is 97.3 Å². The minimum absolute atomic E-state index is 0.141. The summed E-state index contributed by atoms with van der Waals surface area (Å²) >= 11 is 7.86. The topological polar surface area (TPSA) is 90.1 Å². The Hall–Kier alpha value is -3.88. The summed E-state index contributed by atoms with van der Waals surface area (Å²) in [7, 11) is 0. The van der Waals surface area contributed by atoms with Gasteiger partial charge in [0.1, 0.15) is 6.61 Å². The standard InChI is InChI=1S/C26H19ClN2O5S/c1-2-33-21-12-16(11-18(27)23(21)34-14-15-7-9-17(10-8-15)25(31)32)13-22-24(30)29-20-6-4-3-5-19(20)28-26(29)35-22/h3-13H,2,14H2,1H3,(H,31,32)/b22-13-. The molecule has 0 spiro atoms. The first kappa shape index (κ1) is 22.9. The second-order valence-corrected chi connectivity index (χ2v) is 9.10. The van der Waals surface area contributed by atoms with Crippen molar-refractivity contribution >= 4 is 51.0 Å². The van der Waals surface area contributed by atoms with Gasteiger partial charge in [-0.3, -0.25) is 4.79 Å². The Morgan fingerprint density at radius 1 is 1.14 bits per heavy atom. The maximum atomic E-state index is 13.1. The molecule has 1 N–H and O–H groups in total. The van der Waals surface area contributed by atoms with E-state index in [2.05, 4.69) is 4.98 Å². The number of hydrogen-bond acceptors (Lipinski definition) is 6. The summed E-state index contributed by atoms with van der Waals surface area (Å²) in [6.07, 6.45) is 1.76. The molecule has 0 saturated carbocycles. The van der Waals surface area contributed by atoms with E-state index >= 15 is 0 Å². The number of para-hydroxylation sites is 2. The lowest BCUT2D eigenvalue weighted by Crippen LogP contribution is -2.22. The molecular formula is C26H19ClN2O5S. The van der Waals surface area contributed by atoms with Crippen molar-refractivity contribution in [2.24, 2.45) is 0 Å². The highest BCUT2D eigenvalue weighted by Gasteiger charge is 2.15. The van der Waals surface area contributed by atoms with Crippen molar-refractivity contribution in [1.82, 2.24) is 9.38 Å². The number of aromatic carboxylic acids is 1. The molecular weight excluding hydrogens is 488 g/mol. The quantitative estimate of drug-likeness (QED) is 0.341. The molecule has 0 bridgehead atoms. The number of ether oxygens (including phenoxy) is 2. The number of carboxylic acids is 1. The van der Waals surface area contributed by atoms with E-state index in [4.69, 9.17) is 26.2 Å². The van der Waals surface area contributed by atoms with Gasteiger partial charge in [0, 0.05) is 0 Å². The largest absolute Gasteiger partial charge is 0.490 e. The van der Waals surface area contributed by atoms with Crippen LogP contribution < -0.4 is 19.6 Å². The predicted molar refractivity (Wildman–Crippen MR) is 136 cm³/mol. The lowest BCUT2D eigenvalue weighted by Gasteiger charge is -2.14. The van der Waals surface area contributed by atoms with Crippen LogP contribution in [0.1, 0.15) is 28.4 Å². The maximum absolute atomic E-state index is 13.1. The summed E-state index contributed by atoms with van der Waals surface area (Å²) in [5.74, 6) is -0.158. The molecule has 0 aliphatic carbocycles. The van der Waals surface area contributed by atoms with Gasteiger partial charge in [-0.1, -0.05) is 47.2 Å². The molecule has 5 aromatic rings. The zero-order chi connectivity index (χ0) is 24.5. The van der Waals surface area contributed by atoms with E-state index in [-0.39, 0.29) is 17.7 Å². The van der Waals surface area contributed by atoms with Gasteiger partial charge < -0.3 is 14.6 Å². The first-order valence-electron chi connectivity index (χ1n) is 10.8. The van der Waals surface area contributed by atoms with Crippen LogP contribution in [0.4, 0.5) is 0 Å². The van der Waals surface area contributed by atoms with E-state index in [0.717, 1.165) is 16.6 Å². The zero-order valence-electron chi connectivity index (χ0n) is 18.5. The van der Waals surface area contributed by atoms with Crippen LogP contribution in [0.2, 0.25) is 5.02 Å². The summed E-state index contributed by atoms with van der Waals surface area (Å²) in [6.45, 7) is 2.44. The highest BCUT2D eigenvalue weighted by molar-refractivity contribution is 7.15. The van der Waals surface area contributed by atoms with E-state index in [9.17, 15) is 9.59 Å². The number of carbonyl (C=O) groups is 1. The highest BCUT2D eigenvalue weighted by Crippen LogP contribution is 2.37. The number of benzene rings is 3. The third-order valence-corrected chi connectivity index (χ3v) is 6.61. The van der Waals surface area contributed by atoms with Crippen LogP contribution in [0.15, 0.2) is 65.5 Å². The second-order valence-electron chi connectivity index (χ2n) is 7.69. The highest BCUT2D eigenvalue weighted by atomic mass is 35.5. The van der Waals surface area contributed by atoms with Crippen LogP contribution in [0.5, 0.6) is 11.5 Å². The van der Waals surface area contributed by atoms with Crippen LogP contribution in [0.3, 0.4) is 0 Å². The molecule has 0 saturated heterocycles. The van der Waals surface area contributed by atoms with Crippen LogP contribution in [0.25, 0.3) is 22.1 Å². The number of nitrogens with zero attached hydrogens (tertiary/aromatic N) is 2. The Morgan fingerprint density at radius 2 is 1.91 bits per heavy atom. The summed E-state index contributed by atoms with van der Waals surface area (Å²) in [5.41, 5.74) is 3.10. The van der Waals surface area contributed by atoms with Gasteiger partial charge in [0.25, 0.3) is 5.56 Å². The van der Waals surface area contributed by atoms with Crippen molar-refractivity contribution in [3.8, 4) is 11.5 Å². The number of hydrogen-bond donors (Lipinski definition) is 1. The molecule has 35 heavy (non-hydrogen) atoms. The summed E-state index contributed by atoms with van der Waals surface area (Å²) in [6, 6.07) is 17.4. The number of carboxylic acid groups (broad SMARTS) is 1. The maximum Gasteiger partial charge on any atom is 0.335 e. The Balaban J connectivity index is 1.48. The van der Waals surface area contributed by atoms with Crippen LogP contribution in [-0.2, 0) is 6.61 Å². The first-order valence-corrected chi connectivity index (χ1v) is 12.0. The Morgan fingerprint density at radius 3 is 2.66 bits per heavy atom. The van der Waals surface area contributed by atoms with E-state index in [0.29, 0.717) is 38.2 Å². The molecule has 0 unspecified atom stereocenters. The van der Waals surface area contributed by atoms with Crippen LogP contribution in [-0.4, -0.2) is 27.1 Å². The third-order valence-electron chi connectivity index (χ3n) is 5.36. The smallest absolute Gasteiger partial charge is 0.335 e. The molecule has 2 aromatic heterocycles. The predicted octanol–water partition coefficient (Wildman–Crippen LogP) is 4.79. The van der Waals surface area contributed by atoms with Gasteiger partial charge in [-0.05, 0) is 60.5 Å². The summed E-state index contributed by atoms with van der Waals surface area (Å²) in [4.78, 5) is 29.3. The molecule has 0 atom stereocenters. The lowest BCUT2D eigenvalue weighted by molar-refractivity contribution is 0.0697. The normalized spacial score (nSPS) is 11.9. The minimum atomic E-state index is -0.987. The molecule has 2 heterocycles. The molecule has 0 aliphatic rings. The Bertz CT molecular complexity index is 1670. The fraction of sp³-hybridized carbons (Fsp3) is 0.115. The van der Waals surface area contributed by atoms with Gasteiger partial charge in [-0.25, -0.2) is 14.2 Å². The number of imidazole rings is 1. The van der Waals surface area contributed by atoms with Crippen molar-refractivity contribution < 1.29 is 19.4 Å². The molecule has 0 aliphatic heterocycles. The second kappa shape index (κ2) is 9.40. The Kier molecular flexibility index (Phi) is 6.15. The van der Waals surface area contributed by atoms with E-state index in [1.165, 1.54) is 23.5 Å². The van der Waals surface area contributed by atoms with E-state index in [1.807, 2.05) is 31.2 Å². The molecule has 176 valence electrons. The molecule has 3 aromatic carbocycles. The van der Waals surface area contributed by atoms with Crippen molar-refractivity contribution in [1.29, 1.82) is 0 Å². The number of thiazole rings is 1. The monoisotopic (exact) mass is 506 g/mol. The third kappa shape index (κ3) is 4.45. The number of halogens is 1. The molecule has 0 amide bonds. The molecule has 7 nitrogen and oxygen atoms in total. The van der Waals surface area contributed by atoms with Gasteiger partial charge in [-0.2, -0.15) is 0 Å². The number of rotatable bonds is 7. The minimum Gasteiger partial charge on any atom is -0.490 e. The van der Waals surface area contributed by atoms with Gasteiger partial charge >= 0.3 is 5.97 Å². The van der Waals surface area contributed by atoms with Crippen LogP contribution >= 0.6 is 22.9 Å². The zero-order valence-corrected chi connectivity index (χ0v) is 20.1. The van der Waals surface area contributed by atoms with Gasteiger partial charge in [0.05, 0.1) is 32.8 Å². The SMILES string of the molecule is CCOc1cc(/C=c2\sc3nc4ccccc4n3c2=O)cc(Cl)c1OCc1ccc(C(=O)O)cc1. The van der Waals surface area contributed by atoms with Gasteiger partial charge in [-0.15, -0.1) is 0 Å². The first-order chi connectivity index (χ1) is 16.9. The average molecular weight is 507 g/mol. The fourth-order valence-corrected chi connectivity index (χ4v) is 5.00. The van der Waals surface area contributed by atoms with Crippen molar-refractivity contribution in [2.75, 3.05) is 6.61 Å². The van der Waals surface area contributed by atoms with Gasteiger partial charge in [0.15, 0.2) is 16.5 Å². The number of fused-ring (bicyclic) bond motifs is 3. The molecule has 5 rings (SSSR count). The average Bonchev–Trinajstić information content (AvgIpc) is 3.35. The van der Waals surface area contributed by atoms with Crippen LogP contribution in [0, 0.1) is 0 Å². The number of aromatic nitrogens is 2. The molecule has 0 fully saturated rings. The lowest BCUT2D eigenvalue weighted by atomic mass is 10.1. The van der Waals surface area contributed by atoms with Crippen molar-refractivity contribution in [3.63, 3.8) is 0 Å². The van der Waals surface area contributed by atoms with Crippen molar-refractivity contribution in [2.45, 2.75) is 13.5 Å². The molecule has 9 heteroatoms. The van der Waals surface area contributed by atoms with E-state index < -0.39 is 5.97 Å². The summed E-state index contributed by atoms with van der Waals surface area (Å²) in [5, 5.41) is 9.38. The molecule has 0 radical (unpaired) electrons. The fourth-order valence-electron chi connectivity index (χ4n) is 3.74. The summed E-state index contributed by atoms with van der Waals surface area (Å²) < 4.78 is 13.8. The Labute approximate surface area is 208 Å². The van der Waals surface area contributed by atoms with E-state index in [1.54, 1.807) is 34.7 Å².